The van der Waals surface area contributed by atoms with Gasteiger partial charge in [-0.15, -0.1) is 0 Å². The van der Waals surface area contributed by atoms with Gasteiger partial charge in [0.2, 0.25) is 5.89 Å². The van der Waals surface area contributed by atoms with Crippen LogP contribution in [0.4, 0.5) is 5.69 Å². The van der Waals surface area contributed by atoms with Crippen molar-refractivity contribution in [2.75, 3.05) is 12.4 Å². The van der Waals surface area contributed by atoms with Gasteiger partial charge in [0.15, 0.2) is 10.7 Å². The van der Waals surface area contributed by atoms with Crippen LogP contribution in [0.1, 0.15) is 15.9 Å². The normalized spacial score (nSPS) is 10.9. The molecule has 1 heterocycles. The SMILES string of the molecule is COc1c(C)cc(Br)cc1C(=O)NC(=S)Nc1ccc2oc(-c3cccc4ccccc34)nc2c1. The minimum atomic E-state index is -0.371. The fourth-order valence-corrected chi connectivity index (χ4v) is 4.82. The Kier molecular flexibility index (Phi) is 6.23. The molecule has 5 rings (SSSR count). The van der Waals surface area contributed by atoms with E-state index in [0.717, 1.165) is 26.4 Å². The van der Waals surface area contributed by atoms with E-state index in [1.54, 1.807) is 6.07 Å². The Hall–Kier alpha value is -3.75. The van der Waals surface area contributed by atoms with Gasteiger partial charge in [0, 0.05) is 15.7 Å². The van der Waals surface area contributed by atoms with Gasteiger partial charge in [-0.2, -0.15) is 0 Å². The summed E-state index contributed by atoms with van der Waals surface area (Å²) in [7, 11) is 1.53. The van der Waals surface area contributed by atoms with Crippen molar-refractivity contribution in [3.8, 4) is 17.2 Å². The molecule has 1 aromatic heterocycles. The molecule has 0 aliphatic carbocycles. The van der Waals surface area contributed by atoms with Gasteiger partial charge in [-0.1, -0.05) is 52.3 Å². The minimum Gasteiger partial charge on any atom is -0.496 e. The predicted octanol–water partition coefficient (Wildman–Crippen LogP) is 6.85. The van der Waals surface area contributed by atoms with Gasteiger partial charge in [0.05, 0.1) is 12.7 Å². The van der Waals surface area contributed by atoms with Gasteiger partial charge < -0.3 is 14.5 Å². The Balaban J connectivity index is 1.37. The van der Waals surface area contributed by atoms with E-state index < -0.39 is 0 Å². The van der Waals surface area contributed by atoms with Crippen molar-refractivity contribution in [1.82, 2.24) is 10.3 Å². The molecule has 4 aromatic carbocycles. The van der Waals surface area contributed by atoms with Crippen molar-refractivity contribution in [1.29, 1.82) is 0 Å². The van der Waals surface area contributed by atoms with Gasteiger partial charge in [0.1, 0.15) is 11.3 Å². The van der Waals surface area contributed by atoms with E-state index in [1.807, 2.05) is 55.5 Å². The summed E-state index contributed by atoms with van der Waals surface area (Å²) in [5, 5.41) is 8.10. The lowest BCUT2D eigenvalue weighted by atomic mass is 10.0. The van der Waals surface area contributed by atoms with Crippen molar-refractivity contribution in [3.05, 3.63) is 88.4 Å². The van der Waals surface area contributed by atoms with Crippen LogP contribution in [-0.4, -0.2) is 23.1 Å². The Morgan fingerprint density at radius 3 is 2.69 bits per heavy atom. The number of nitrogens with one attached hydrogen (secondary N) is 2. The second kappa shape index (κ2) is 9.48. The fourth-order valence-electron chi connectivity index (χ4n) is 4.03. The highest BCUT2D eigenvalue weighted by atomic mass is 79.9. The number of carbonyl (C=O) groups excluding carboxylic acids is 1. The van der Waals surface area contributed by atoms with E-state index in [1.165, 1.54) is 7.11 Å². The average Bonchev–Trinajstić information content (AvgIpc) is 3.26. The smallest absolute Gasteiger partial charge is 0.261 e. The number of fused-ring (bicyclic) bond motifs is 2. The van der Waals surface area contributed by atoms with E-state index in [-0.39, 0.29) is 11.0 Å². The monoisotopic (exact) mass is 545 g/mol. The lowest BCUT2D eigenvalue weighted by molar-refractivity contribution is 0.0974. The molecule has 0 saturated carbocycles. The van der Waals surface area contributed by atoms with E-state index in [4.69, 9.17) is 26.4 Å². The Morgan fingerprint density at radius 2 is 1.86 bits per heavy atom. The van der Waals surface area contributed by atoms with Crippen molar-refractivity contribution in [2.24, 2.45) is 0 Å². The third-order valence-electron chi connectivity index (χ3n) is 5.58. The number of aromatic nitrogens is 1. The van der Waals surface area contributed by atoms with Crippen LogP contribution in [0.3, 0.4) is 0 Å². The molecule has 0 aliphatic rings. The molecule has 5 aromatic rings. The number of oxazole rings is 1. The number of hydrogen-bond donors (Lipinski definition) is 2. The summed E-state index contributed by atoms with van der Waals surface area (Å²) in [6.45, 7) is 1.87. The number of anilines is 1. The fraction of sp³-hybridized carbons (Fsp3) is 0.0741. The highest BCUT2D eigenvalue weighted by molar-refractivity contribution is 9.10. The van der Waals surface area contributed by atoms with Crippen LogP contribution in [0.15, 0.2) is 81.7 Å². The molecule has 0 saturated heterocycles. The van der Waals surface area contributed by atoms with E-state index in [0.29, 0.717) is 34.0 Å². The third kappa shape index (κ3) is 4.62. The number of thiocarbonyl (C=S) groups is 1. The van der Waals surface area contributed by atoms with Crippen LogP contribution in [0.25, 0.3) is 33.3 Å². The number of methoxy groups -OCH3 is 1. The summed E-state index contributed by atoms with van der Waals surface area (Å²) in [5.74, 6) is 0.671. The first-order valence-electron chi connectivity index (χ1n) is 10.8. The highest BCUT2D eigenvalue weighted by Gasteiger charge is 2.17. The van der Waals surface area contributed by atoms with Crippen LogP contribution in [-0.2, 0) is 0 Å². The molecule has 0 radical (unpaired) electrons. The molecule has 2 N–H and O–H groups in total. The zero-order valence-corrected chi connectivity index (χ0v) is 21.3. The van der Waals surface area contributed by atoms with Crippen molar-refractivity contribution in [3.63, 3.8) is 0 Å². The zero-order valence-electron chi connectivity index (χ0n) is 18.9. The summed E-state index contributed by atoms with van der Waals surface area (Å²) >= 11 is 8.80. The molecule has 8 heteroatoms. The molecule has 0 atom stereocenters. The number of benzene rings is 4. The second-order valence-corrected chi connectivity index (χ2v) is 9.26. The van der Waals surface area contributed by atoms with Gasteiger partial charge in [-0.3, -0.25) is 10.1 Å². The summed E-state index contributed by atoms with van der Waals surface area (Å²) in [4.78, 5) is 17.5. The van der Waals surface area contributed by atoms with E-state index in [9.17, 15) is 4.79 Å². The molecule has 0 fully saturated rings. The highest BCUT2D eigenvalue weighted by Crippen LogP contribution is 2.31. The number of ether oxygens (including phenoxy) is 1. The van der Waals surface area contributed by atoms with Crippen molar-refractivity contribution < 1.29 is 13.9 Å². The van der Waals surface area contributed by atoms with Crippen molar-refractivity contribution in [2.45, 2.75) is 6.92 Å². The first-order valence-corrected chi connectivity index (χ1v) is 12.0. The number of nitrogens with zero attached hydrogens (tertiary/aromatic N) is 1. The molecular formula is C27H20BrN3O3S. The number of halogens is 1. The topological polar surface area (TPSA) is 76.4 Å². The Morgan fingerprint density at radius 1 is 1.06 bits per heavy atom. The van der Waals surface area contributed by atoms with Gasteiger partial charge in [0.25, 0.3) is 5.91 Å². The summed E-state index contributed by atoms with van der Waals surface area (Å²) in [5.41, 5.74) is 4.16. The van der Waals surface area contributed by atoms with E-state index >= 15 is 0 Å². The Labute approximate surface area is 215 Å². The number of hydrogen-bond acceptors (Lipinski definition) is 5. The predicted molar refractivity (Wildman–Crippen MR) is 146 cm³/mol. The van der Waals surface area contributed by atoms with Crippen LogP contribution >= 0.6 is 28.1 Å². The molecule has 6 nitrogen and oxygen atoms in total. The molecule has 35 heavy (non-hydrogen) atoms. The molecule has 0 unspecified atom stereocenters. The lowest BCUT2D eigenvalue weighted by Gasteiger charge is -2.13. The number of aryl methyl sites for hydroxylation is 1. The first kappa shape index (κ1) is 23.0. The Bertz CT molecular complexity index is 1610. The summed E-state index contributed by atoms with van der Waals surface area (Å²) in [6.07, 6.45) is 0. The van der Waals surface area contributed by atoms with E-state index in [2.05, 4.69) is 44.8 Å². The van der Waals surface area contributed by atoms with Crippen LogP contribution < -0.4 is 15.4 Å². The van der Waals surface area contributed by atoms with Crippen LogP contribution in [0.5, 0.6) is 5.75 Å². The maximum absolute atomic E-state index is 12.8. The molecule has 0 spiro atoms. The summed E-state index contributed by atoms with van der Waals surface area (Å²) in [6, 6.07) is 23.2. The molecule has 0 aliphatic heterocycles. The molecule has 1 amide bonds. The zero-order chi connectivity index (χ0) is 24.5. The largest absolute Gasteiger partial charge is 0.496 e. The van der Waals surface area contributed by atoms with Gasteiger partial charge >= 0.3 is 0 Å². The standard InChI is InChI=1S/C27H20BrN3O3S/c1-15-12-17(28)13-21(24(15)33-2)25(32)31-27(35)29-18-10-11-23-22(14-18)30-26(34-23)20-9-5-7-16-6-3-4-8-19(16)20/h3-14H,1-2H3,(H2,29,31,32,35). The summed E-state index contributed by atoms with van der Waals surface area (Å²) < 4.78 is 12.2. The van der Waals surface area contributed by atoms with Crippen LogP contribution in [0.2, 0.25) is 0 Å². The van der Waals surface area contributed by atoms with Crippen molar-refractivity contribution >= 4 is 66.7 Å². The average molecular weight is 546 g/mol. The number of carbonyl (C=O) groups is 1. The third-order valence-corrected chi connectivity index (χ3v) is 6.24. The second-order valence-electron chi connectivity index (χ2n) is 7.94. The lowest BCUT2D eigenvalue weighted by Crippen LogP contribution is -2.34. The number of amides is 1. The maximum atomic E-state index is 12.8. The minimum absolute atomic E-state index is 0.159. The quantitative estimate of drug-likeness (QED) is 0.240. The first-order chi connectivity index (χ1) is 16.9. The molecule has 0 bridgehead atoms. The van der Waals surface area contributed by atoms with Gasteiger partial charge in [-0.05, 0) is 71.9 Å². The molecule has 174 valence electrons. The van der Waals surface area contributed by atoms with Crippen LogP contribution in [0, 0.1) is 6.92 Å². The van der Waals surface area contributed by atoms with Gasteiger partial charge in [-0.25, -0.2) is 4.98 Å². The molecular weight excluding hydrogens is 526 g/mol. The number of rotatable bonds is 4. The maximum Gasteiger partial charge on any atom is 0.261 e.